The molecule has 0 bridgehead atoms. The number of rotatable bonds is 5. The lowest BCUT2D eigenvalue weighted by Crippen LogP contribution is -2.34. The predicted molar refractivity (Wildman–Crippen MR) is 109 cm³/mol. The monoisotopic (exact) mass is 394 g/mol. The second kappa shape index (κ2) is 7.79. The van der Waals surface area contributed by atoms with Crippen molar-refractivity contribution in [2.45, 2.75) is 32.2 Å². The first-order valence-corrected chi connectivity index (χ1v) is 9.86. The average molecular weight is 394 g/mol. The van der Waals surface area contributed by atoms with Crippen molar-refractivity contribution < 1.29 is 9.21 Å². The van der Waals surface area contributed by atoms with Crippen LogP contribution in [0, 0.1) is 0 Å². The molecule has 8 heteroatoms. The highest BCUT2D eigenvalue weighted by atomic mass is 16.3. The van der Waals surface area contributed by atoms with Crippen molar-refractivity contribution in [2.24, 2.45) is 0 Å². The Morgan fingerprint density at radius 2 is 2.14 bits per heavy atom. The van der Waals surface area contributed by atoms with E-state index in [1.165, 1.54) is 0 Å². The molecule has 3 aromatic rings. The Hall–Kier alpha value is -3.00. The number of carbonyl (C=O) groups is 1. The summed E-state index contributed by atoms with van der Waals surface area (Å²) in [7, 11) is 4.11. The van der Waals surface area contributed by atoms with Crippen molar-refractivity contribution in [3.63, 3.8) is 0 Å². The van der Waals surface area contributed by atoms with Gasteiger partial charge in [-0.2, -0.15) is 5.10 Å². The maximum absolute atomic E-state index is 13.2. The lowest BCUT2D eigenvalue weighted by molar-refractivity contribution is 0.0781. The number of likely N-dealkylation sites (tertiary alicyclic amines) is 1. The van der Waals surface area contributed by atoms with Crippen molar-refractivity contribution in [3.05, 3.63) is 48.1 Å². The minimum Gasteiger partial charge on any atom is -0.463 e. The fourth-order valence-corrected chi connectivity index (χ4v) is 3.77. The zero-order valence-electron chi connectivity index (χ0n) is 17.2. The van der Waals surface area contributed by atoms with Crippen molar-refractivity contribution in [3.8, 4) is 17.4 Å². The lowest BCUT2D eigenvalue weighted by Gasteiger charge is -2.21. The van der Waals surface area contributed by atoms with Gasteiger partial charge in [0.2, 0.25) is 0 Å². The SMILES string of the molecule is CC(C)c1c(C(=O)N2CC[C@H](N(C)C)C2)cnn1-c1nccc(-c2ccco2)n1. The maximum atomic E-state index is 13.2. The zero-order valence-corrected chi connectivity index (χ0v) is 17.2. The van der Waals surface area contributed by atoms with Gasteiger partial charge in [0.15, 0.2) is 5.76 Å². The molecule has 4 rings (SSSR count). The molecule has 0 unspecified atom stereocenters. The number of aromatic nitrogens is 4. The molecule has 29 heavy (non-hydrogen) atoms. The molecular weight excluding hydrogens is 368 g/mol. The van der Waals surface area contributed by atoms with E-state index >= 15 is 0 Å². The van der Waals surface area contributed by atoms with Crippen LogP contribution in [-0.2, 0) is 0 Å². The summed E-state index contributed by atoms with van der Waals surface area (Å²) in [4.78, 5) is 26.3. The Bertz CT molecular complexity index is 993. The van der Waals surface area contributed by atoms with Gasteiger partial charge in [-0.15, -0.1) is 0 Å². The number of amides is 1. The second-order valence-electron chi connectivity index (χ2n) is 7.89. The summed E-state index contributed by atoms with van der Waals surface area (Å²) < 4.78 is 7.11. The Balaban J connectivity index is 1.68. The normalized spacial score (nSPS) is 16.9. The minimum absolute atomic E-state index is 0.0199. The third-order valence-corrected chi connectivity index (χ3v) is 5.37. The lowest BCUT2D eigenvalue weighted by atomic mass is 10.1. The van der Waals surface area contributed by atoms with Gasteiger partial charge in [-0.05, 0) is 44.6 Å². The molecule has 1 atom stereocenters. The van der Waals surface area contributed by atoms with Crippen LogP contribution in [0.1, 0.15) is 42.2 Å². The summed E-state index contributed by atoms with van der Waals surface area (Å²) in [5.41, 5.74) is 2.11. The minimum atomic E-state index is 0.0199. The highest BCUT2D eigenvalue weighted by Crippen LogP contribution is 2.26. The molecule has 0 aromatic carbocycles. The van der Waals surface area contributed by atoms with Gasteiger partial charge in [0, 0.05) is 25.3 Å². The summed E-state index contributed by atoms with van der Waals surface area (Å²) in [6.45, 7) is 5.59. The van der Waals surface area contributed by atoms with Gasteiger partial charge < -0.3 is 14.2 Å². The largest absolute Gasteiger partial charge is 0.463 e. The van der Waals surface area contributed by atoms with E-state index in [0.717, 1.165) is 25.2 Å². The van der Waals surface area contributed by atoms with Crippen molar-refractivity contribution in [1.82, 2.24) is 29.5 Å². The van der Waals surface area contributed by atoms with Gasteiger partial charge in [0.25, 0.3) is 11.9 Å². The van der Waals surface area contributed by atoms with Crippen molar-refractivity contribution in [2.75, 3.05) is 27.2 Å². The number of furan rings is 1. The predicted octanol–water partition coefficient (Wildman–Crippen LogP) is 2.82. The standard InChI is InChI=1S/C21H26N6O2/c1-14(2)19-16(20(28)26-10-8-15(13-26)25(3)4)12-23-27(19)21-22-9-7-17(24-21)18-6-5-11-29-18/h5-7,9,11-12,14-15H,8,10,13H2,1-4H3/t15-/m0/s1. The fraction of sp³-hybridized carbons (Fsp3) is 0.429. The van der Waals surface area contributed by atoms with E-state index in [4.69, 9.17) is 4.42 Å². The van der Waals surface area contributed by atoms with E-state index < -0.39 is 0 Å². The molecule has 0 spiro atoms. The van der Waals surface area contributed by atoms with Gasteiger partial charge in [-0.3, -0.25) is 4.79 Å². The number of likely N-dealkylation sites (N-methyl/N-ethyl adjacent to an activating group) is 1. The number of hydrogen-bond donors (Lipinski definition) is 0. The maximum Gasteiger partial charge on any atom is 0.257 e. The van der Waals surface area contributed by atoms with Gasteiger partial charge in [0.1, 0.15) is 5.69 Å². The first-order chi connectivity index (χ1) is 14.0. The van der Waals surface area contributed by atoms with Crippen LogP contribution in [0.15, 0.2) is 41.3 Å². The van der Waals surface area contributed by atoms with E-state index in [9.17, 15) is 4.79 Å². The Morgan fingerprint density at radius 1 is 1.31 bits per heavy atom. The molecule has 0 aliphatic carbocycles. The quantitative estimate of drug-likeness (QED) is 0.662. The molecule has 1 aliphatic rings. The van der Waals surface area contributed by atoms with E-state index in [1.807, 2.05) is 30.9 Å². The van der Waals surface area contributed by atoms with Gasteiger partial charge >= 0.3 is 0 Å². The molecule has 4 heterocycles. The highest BCUT2D eigenvalue weighted by molar-refractivity contribution is 5.95. The Labute approximate surface area is 170 Å². The zero-order chi connectivity index (χ0) is 20.5. The molecule has 1 aliphatic heterocycles. The van der Waals surface area contributed by atoms with Crippen LogP contribution >= 0.6 is 0 Å². The van der Waals surface area contributed by atoms with E-state index in [0.29, 0.717) is 29.0 Å². The molecule has 0 N–H and O–H groups in total. The van der Waals surface area contributed by atoms with Crippen LogP contribution in [0.5, 0.6) is 0 Å². The molecule has 3 aromatic heterocycles. The first-order valence-electron chi connectivity index (χ1n) is 9.86. The summed E-state index contributed by atoms with van der Waals surface area (Å²) in [6, 6.07) is 5.85. The summed E-state index contributed by atoms with van der Waals surface area (Å²) >= 11 is 0. The van der Waals surface area contributed by atoms with Crippen LogP contribution < -0.4 is 0 Å². The third-order valence-electron chi connectivity index (χ3n) is 5.37. The molecule has 152 valence electrons. The Kier molecular flexibility index (Phi) is 5.19. The smallest absolute Gasteiger partial charge is 0.257 e. The molecule has 1 amide bonds. The van der Waals surface area contributed by atoms with Gasteiger partial charge in [-0.25, -0.2) is 14.6 Å². The number of nitrogens with zero attached hydrogens (tertiary/aromatic N) is 6. The van der Waals surface area contributed by atoms with E-state index in [-0.39, 0.29) is 11.8 Å². The summed E-state index contributed by atoms with van der Waals surface area (Å²) in [5, 5.41) is 4.48. The van der Waals surface area contributed by atoms with E-state index in [1.54, 1.807) is 29.4 Å². The van der Waals surface area contributed by atoms with Crippen LogP contribution in [0.3, 0.4) is 0 Å². The topological polar surface area (TPSA) is 80.3 Å². The van der Waals surface area contributed by atoms with Crippen LogP contribution in [0.25, 0.3) is 17.4 Å². The average Bonchev–Trinajstić information content (AvgIpc) is 3.47. The summed E-state index contributed by atoms with van der Waals surface area (Å²) in [5.74, 6) is 1.19. The third kappa shape index (κ3) is 3.67. The van der Waals surface area contributed by atoms with Crippen molar-refractivity contribution in [1.29, 1.82) is 0 Å². The molecule has 0 saturated carbocycles. The molecular formula is C21H26N6O2. The molecule has 8 nitrogen and oxygen atoms in total. The fourth-order valence-electron chi connectivity index (χ4n) is 3.77. The van der Waals surface area contributed by atoms with Crippen LogP contribution in [0.2, 0.25) is 0 Å². The van der Waals surface area contributed by atoms with Crippen LogP contribution in [-0.4, -0.2) is 68.7 Å². The molecule has 1 saturated heterocycles. The van der Waals surface area contributed by atoms with Crippen LogP contribution in [0.4, 0.5) is 0 Å². The summed E-state index contributed by atoms with van der Waals surface area (Å²) in [6.07, 6.45) is 5.91. The molecule has 1 fully saturated rings. The second-order valence-corrected chi connectivity index (χ2v) is 7.89. The number of hydrogen-bond acceptors (Lipinski definition) is 6. The molecule has 0 radical (unpaired) electrons. The van der Waals surface area contributed by atoms with Crippen molar-refractivity contribution >= 4 is 5.91 Å². The van der Waals surface area contributed by atoms with E-state index in [2.05, 4.69) is 34.1 Å². The Morgan fingerprint density at radius 3 is 2.79 bits per heavy atom. The van der Waals surface area contributed by atoms with Gasteiger partial charge in [0.05, 0.1) is 23.7 Å². The first kappa shape index (κ1) is 19.3. The highest BCUT2D eigenvalue weighted by Gasteiger charge is 2.31. The van der Waals surface area contributed by atoms with Gasteiger partial charge in [-0.1, -0.05) is 13.8 Å². The number of carbonyl (C=O) groups excluding carboxylic acids is 1.